The van der Waals surface area contributed by atoms with Gasteiger partial charge in [-0.2, -0.15) is 4.31 Å². The number of piperidine rings is 1. The molecule has 6 nitrogen and oxygen atoms in total. The molecule has 1 unspecified atom stereocenters. The van der Waals surface area contributed by atoms with Crippen molar-refractivity contribution in [3.05, 3.63) is 17.9 Å². The number of likely N-dealkylation sites (tertiary alicyclic amines) is 1. The average molecular weight is 314 g/mol. The molecule has 0 spiro atoms. The van der Waals surface area contributed by atoms with Crippen molar-refractivity contribution >= 4 is 10.0 Å². The van der Waals surface area contributed by atoms with Gasteiger partial charge in [-0.25, -0.2) is 8.42 Å². The third-order valence-electron chi connectivity index (χ3n) is 4.42. The molecule has 1 aromatic heterocycles. The van der Waals surface area contributed by atoms with Gasteiger partial charge in [0.1, 0.15) is 12.4 Å². The number of nitrogens with zero attached hydrogens (tertiary/aromatic N) is 2. The maximum atomic E-state index is 12.5. The van der Waals surface area contributed by atoms with Crippen LogP contribution in [0.1, 0.15) is 31.4 Å². The van der Waals surface area contributed by atoms with Crippen molar-refractivity contribution in [3.8, 4) is 0 Å². The van der Waals surface area contributed by atoms with E-state index in [1.165, 1.54) is 35.7 Å². The lowest BCUT2D eigenvalue weighted by Crippen LogP contribution is -2.41. The van der Waals surface area contributed by atoms with E-state index in [-0.39, 0.29) is 17.5 Å². The van der Waals surface area contributed by atoms with Crippen LogP contribution in [0.3, 0.4) is 0 Å². The summed E-state index contributed by atoms with van der Waals surface area (Å²) in [5, 5.41) is 8.92. The molecule has 0 aliphatic carbocycles. The first kappa shape index (κ1) is 15.0. The Morgan fingerprint density at radius 1 is 1.19 bits per heavy atom. The van der Waals surface area contributed by atoms with Crippen LogP contribution in [0, 0.1) is 0 Å². The minimum Gasteiger partial charge on any atom is -0.446 e. The molecule has 2 saturated heterocycles. The Morgan fingerprint density at radius 3 is 2.62 bits per heavy atom. The molecule has 1 N–H and O–H groups in total. The summed E-state index contributed by atoms with van der Waals surface area (Å²) in [6.07, 6.45) is 4.58. The number of aliphatic hydroxyl groups excluding tert-OH is 1. The Kier molecular flexibility index (Phi) is 4.35. The van der Waals surface area contributed by atoms with E-state index in [0.717, 1.165) is 19.5 Å². The van der Waals surface area contributed by atoms with Crippen LogP contribution in [0.2, 0.25) is 0 Å². The third-order valence-corrected chi connectivity index (χ3v) is 6.16. The molecular weight excluding hydrogens is 292 g/mol. The second-order valence-electron chi connectivity index (χ2n) is 5.78. The number of hydrogen-bond acceptors (Lipinski definition) is 5. The van der Waals surface area contributed by atoms with Crippen LogP contribution in [0.15, 0.2) is 21.6 Å². The summed E-state index contributed by atoms with van der Waals surface area (Å²) in [6, 6.07) is 3.26. The molecule has 0 radical (unpaired) electrons. The number of aliphatic hydroxyl groups is 1. The molecule has 0 amide bonds. The predicted molar refractivity (Wildman–Crippen MR) is 77.2 cm³/mol. The van der Waals surface area contributed by atoms with Gasteiger partial charge in [-0.1, -0.05) is 6.42 Å². The Morgan fingerprint density at radius 2 is 1.95 bits per heavy atom. The number of sulfonamides is 1. The number of hydrogen-bond donors (Lipinski definition) is 1. The summed E-state index contributed by atoms with van der Waals surface area (Å²) in [5.41, 5.74) is 0. The molecular formula is C14H22N2O4S. The molecule has 3 heterocycles. The fourth-order valence-electron chi connectivity index (χ4n) is 3.22. The minimum absolute atomic E-state index is 0.0640. The Labute approximate surface area is 125 Å². The maximum Gasteiger partial charge on any atom is 0.276 e. The fraction of sp³-hybridized carbons (Fsp3) is 0.714. The van der Waals surface area contributed by atoms with E-state index in [0.29, 0.717) is 19.1 Å². The molecule has 1 aromatic rings. The molecule has 2 fully saturated rings. The van der Waals surface area contributed by atoms with Crippen LogP contribution < -0.4 is 0 Å². The lowest BCUT2D eigenvalue weighted by atomic mass is 10.1. The van der Waals surface area contributed by atoms with Gasteiger partial charge >= 0.3 is 0 Å². The van der Waals surface area contributed by atoms with Crippen molar-refractivity contribution in [2.45, 2.75) is 43.4 Å². The monoisotopic (exact) mass is 314 g/mol. The smallest absolute Gasteiger partial charge is 0.276 e. The van der Waals surface area contributed by atoms with Gasteiger partial charge in [-0.15, -0.1) is 0 Å². The molecule has 21 heavy (non-hydrogen) atoms. The van der Waals surface area contributed by atoms with E-state index in [1.54, 1.807) is 0 Å². The molecule has 2 aliphatic heterocycles. The zero-order valence-electron chi connectivity index (χ0n) is 12.1. The van der Waals surface area contributed by atoms with Gasteiger partial charge in [0.15, 0.2) is 0 Å². The number of rotatable bonds is 4. The highest BCUT2D eigenvalue weighted by Gasteiger charge is 2.36. The quantitative estimate of drug-likeness (QED) is 0.898. The summed E-state index contributed by atoms with van der Waals surface area (Å²) in [4.78, 5) is 2.42. The topological polar surface area (TPSA) is 74.0 Å². The second kappa shape index (κ2) is 6.08. The van der Waals surface area contributed by atoms with Gasteiger partial charge in [-0.05, 0) is 44.5 Å². The minimum atomic E-state index is -3.57. The van der Waals surface area contributed by atoms with E-state index in [4.69, 9.17) is 9.52 Å². The summed E-state index contributed by atoms with van der Waals surface area (Å²) in [6.45, 7) is 2.95. The Bertz CT molecular complexity index is 578. The van der Waals surface area contributed by atoms with Crippen LogP contribution in [-0.4, -0.2) is 55.0 Å². The third kappa shape index (κ3) is 3.01. The lowest BCUT2D eigenvalue weighted by molar-refractivity contribution is 0.169. The molecule has 0 bridgehead atoms. The van der Waals surface area contributed by atoms with Crippen molar-refractivity contribution in [1.29, 1.82) is 0 Å². The summed E-state index contributed by atoms with van der Waals surface area (Å²) in [7, 11) is -3.57. The van der Waals surface area contributed by atoms with Crippen molar-refractivity contribution in [1.82, 2.24) is 9.21 Å². The summed E-state index contributed by atoms with van der Waals surface area (Å²) in [5.74, 6) is 0.278. The molecule has 2 aliphatic rings. The normalized spacial score (nSPS) is 25.5. The largest absolute Gasteiger partial charge is 0.446 e. The average Bonchev–Trinajstić information content (AvgIpc) is 3.18. The van der Waals surface area contributed by atoms with Crippen molar-refractivity contribution in [2.75, 3.05) is 26.2 Å². The second-order valence-corrected chi connectivity index (χ2v) is 7.65. The fourth-order valence-corrected chi connectivity index (χ4v) is 4.64. The first-order chi connectivity index (χ1) is 10.1. The zero-order valence-corrected chi connectivity index (χ0v) is 12.9. The van der Waals surface area contributed by atoms with Crippen LogP contribution in [0.4, 0.5) is 0 Å². The molecule has 1 atom stereocenters. The molecule has 0 saturated carbocycles. The molecule has 118 valence electrons. The predicted octanol–water partition coefficient (Wildman–Crippen LogP) is 1.02. The van der Waals surface area contributed by atoms with Crippen molar-refractivity contribution < 1.29 is 17.9 Å². The van der Waals surface area contributed by atoms with E-state index in [2.05, 4.69) is 4.90 Å². The zero-order chi connectivity index (χ0) is 14.9. The standard InChI is InChI=1S/C14H22N2O4S/c17-11-13-4-5-14(20-13)21(18,19)16-9-6-12(10-16)15-7-2-1-3-8-15/h4-5,12,17H,1-3,6-11H2. The highest BCUT2D eigenvalue weighted by molar-refractivity contribution is 7.89. The highest BCUT2D eigenvalue weighted by atomic mass is 32.2. The van der Waals surface area contributed by atoms with Crippen molar-refractivity contribution in [3.63, 3.8) is 0 Å². The van der Waals surface area contributed by atoms with Crippen LogP contribution >= 0.6 is 0 Å². The van der Waals surface area contributed by atoms with E-state index in [1.807, 2.05) is 0 Å². The van der Waals surface area contributed by atoms with Crippen LogP contribution in [-0.2, 0) is 16.6 Å². The van der Waals surface area contributed by atoms with E-state index in [9.17, 15) is 8.42 Å². The molecule has 3 rings (SSSR count). The molecule has 7 heteroatoms. The van der Waals surface area contributed by atoms with Gasteiger partial charge in [-0.3, -0.25) is 4.90 Å². The lowest BCUT2D eigenvalue weighted by Gasteiger charge is -2.32. The van der Waals surface area contributed by atoms with Crippen LogP contribution in [0.5, 0.6) is 0 Å². The van der Waals surface area contributed by atoms with Gasteiger partial charge in [0, 0.05) is 19.1 Å². The van der Waals surface area contributed by atoms with Gasteiger partial charge in [0.2, 0.25) is 5.09 Å². The highest BCUT2D eigenvalue weighted by Crippen LogP contribution is 2.26. The summed E-state index contributed by atoms with van der Waals surface area (Å²) < 4.78 is 31.8. The van der Waals surface area contributed by atoms with Crippen LogP contribution in [0.25, 0.3) is 0 Å². The first-order valence-electron chi connectivity index (χ1n) is 7.55. The van der Waals surface area contributed by atoms with E-state index >= 15 is 0 Å². The van der Waals surface area contributed by atoms with Gasteiger partial charge in [0.25, 0.3) is 10.0 Å². The molecule has 0 aromatic carbocycles. The van der Waals surface area contributed by atoms with Gasteiger partial charge < -0.3 is 9.52 Å². The SMILES string of the molecule is O=S(=O)(c1ccc(CO)o1)N1CCC(N2CCCCC2)C1. The van der Waals surface area contributed by atoms with E-state index < -0.39 is 10.0 Å². The Balaban J connectivity index is 1.69. The first-order valence-corrected chi connectivity index (χ1v) is 8.99. The van der Waals surface area contributed by atoms with Gasteiger partial charge in [0.05, 0.1) is 0 Å². The number of furan rings is 1. The summed E-state index contributed by atoms with van der Waals surface area (Å²) >= 11 is 0. The maximum absolute atomic E-state index is 12.5. The van der Waals surface area contributed by atoms with Crippen molar-refractivity contribution in [2.24, 2.45) is 0 Å². The Hall–Kier alpha value is -0.890.